The minimum atomic E-state index is -4.17. The first-order chi connectivity index (χ1) is 16.2. The Morgan fingerprint density at radius 2 is 1.88 bits per heavy atom. The second kappa shape index (κ2) is 10.9. The Morgan fingerprint density at radius 3 is 2.53 bits per heavy atom. The average molecular weight is 515 g/mol. The number of hydroxylamine groups is 1. The lowest BCUT2D eigenvalue weighted by molar-refractivity contribution is -0.142. The lowest BCUT2D eigenvalue weighted by Gasteiger charge is -2.38. The molecule has 14 heteroatoms. The van der Waals surface area contributed by atoms with Gasteiger partial charge in [-0.3, -0.25) is 14.8 Å². The van der Waals surface area contributed by atoms with Crippen LogP contribution in [-0.4, -0.2) is 79.6 Å². The van der Waals surface area contributed by atoms with Gasteiger partial charge in [0, 0.05) is 24.5 Å². The number of rotatable bonds is 7. The minimum absolute atomic E-state index is 0.0530. The van der Waals surface area contributed by atoms with Gasteiger partial charge in [-0.15, -0.1) is 11.3 Å². The molecule has 184 valence electrons. The van der Waals surface area contributed by atoms with Crippen molar-refractivity contribution in [1.29, 1.82) is 0 Å². The van der Waals surface area contributed by atoms with Crippen LogP contribution in [0.5, 0.6) is 0 Å². The van der Waals surface area contributed by atoms with Gasteiger partial charge in [0.15, 0.2) is 0 Å². The molecule has 1 aromatic carbocycles. The molecule has 0 aliphatic carbocycles. The van der Waals surface area contributed by atoms with Crippen molar-refractivity contribution >= 4 is 39.3 Å². The zero-order valence-corrected chi connectivity index (χ0v) is 19.7. The molecule has 3 N–H and O–H groups in total. The molecule has 1 fully saturated rings. The van der Waals surface area contributed by atoms with Crippen molar-refractivity contribution < 1.29 is 37.1 Å². The number of esters is 1. The molecule has 1 aliphatic heterocycles. The van der Waals surface area contributed by atoms with E-state index in [1.165, 1.54) is 40.7 Å². The highest BCUT2D eigenvalue weighted by Crippen LogP contribution is 2.33. The van der Waals surface area contributed by atoms with E-state index in [4.69, 9.17) is 9.94 Å². The largest absolute Gasteiger partial charge is 0.465 e. The SMILES string of the molecule is CCOC(=O)CNC(=O)N1CCN(S(=O)(=O)c2ccc(-c3ccc(F)cc3)s2)[C@@H](C(=O)NO)C1. The molecular formula is C20H23FN4O7S2. The number of ether oxygens (including phenoxy) is 1. The first kappa shape index (κ1) is 25.6. The van der Waals surface area contributed by atoms with E-state index in [1.807, 2.05) is 0 Å². The first-order valence-electron chi connectivity index (χ1n) is 10.2. The number of hydrogen-bond donors (Lipinski definition) is 3. The number of piperazine rings is 1. The zero-order valence-electron chi connectivity index (χ0n) is 18.1. The summed E-state index contributed by atoms with van der Waals surface area (Å²) >= 11 is 0.946. The summed E-state index contributed by atoms with van der Waals surface area (Å²) in [5.41, 5.74) is 2.07. The quantitative estimate of drug-likeness (QED) is 0.284. The minimum Gasteiger partial charge on any atom is -0.465 e. The van der Waals surface area contributed by atoms with Crippen LogP contribution >= 0.6 is 11.3 Å². The molecule has 0 bridgehead atoms. The molecule has 3 rings (SSSR count). The summed E-state index contributed by atoms with van der Waals surface area (Å²) in [5, 5.41) is 11.5. The number of benzene rings is 1. The summed E-state index contributed by atoms with van der Waals surface area (Å²) in [6.07, 6.45) is 0. The molecule has 3 amide bonds. The summed E-state index contributed by atoms with van der Waals surface area (Å²) in [6.45, 7) is 0.749. The van der Waals surface area contributed by atoms with Crippen molar-refractivity contribution in [3.05, 3.63) is 42.2 Å². The summed E-state index contributed by atoms with van der Waals surface area (Å²) < 4.78 is 45.4. The molecule has 1 aromatic heterocycles. The van der Waals surface area contributed by atoms with E-state index in [9.17, 15) is 27.2 Å². The maximum Gasteiger partial charge on any atom is 0.325 e. The highest BCUT2D eigenvalue weighted by atomic mass is 32.2. The van der Waals surface area contributed by atoms with Gasteiger partial charge in [0.1, 0.15) is 22.6 Å². The molecule has 2 aromatic rings. The Bertz CT molecular complexity index is 1150. The summed E-state index contributed by atoms with van der Waals surface area (Å²) in [7, 11) is -4.17. The molecular weight excluding hydrogens is 491 g/mol. The molecule has 0 saturated carbocycles. The van der Waals surface area contributed by atoms with Crippen LogP contribution in [0.25, 0.3) is 10.4 Å². The Kier molecular flexibility index (Phi) is 8.19. The third-order valence-electron chi connectivity index (χ3n) is 4.99. The number of nitrogens with one attached hydrogen (secondary N) is 2. The van der Waals surface area contributed by atoms with Gasteiger partial charge in [-0.25, -0.2) is 23.1 Å². The van der Waals surface area contributed by atoms with E-state index < -0.39 is 39.8 Å². The Hall–Kier alpha value is -3.07. The van der Waals surface area contributed by atoms with Crippen LogP contribution in [0.15, 0.2) is 40.6 Å². The molecule has 0 spiro atoms. The third-order valence-corrected chi connectivity index (χ3v) is 8.50. The maximum absolute atomic E-state index is 13.3. The number of carbonyl (C=O) groups excluding carboxylic acids is 3. The third kappa shape index (κ3) is 5.70. The summed E-state index contributed by atoms with van der Waals surface area (Å²) in [4.78, 5) is 37.9. The molecule has 0 unspecified atom stereocenters. The fraction of sp³-hybridized carbons (Fsp3) is 0.350. The van der Waals surface area contributed by atoms with E-state index in [0.29, 0.717) is 10.4 Å². The maximum atomic E-state index is 13.3. The fourth-order valence-corrected chi connectivity index (χ4v) is 6.35. The van der Waals surface area contributed by atoms with E-state index in [0.717, 1.165) is 15.6 Å². The number of carbonyl (C=O) groups is 3. The van der Waals surface area contributed by atoms with Crippen LogP contribution in [0.4, 0.5) is 9.18 Å². The lowest BCUT2D eigenvalue weighted by Crippen LogP contribution is -2.62. The van der Waals surface area contributed by atoms with Gasteiger partial charge in [-0.05, 0) is 36.8 Å². The molecule has 0 radical (unpaired) electrons. The topological polar surface area (TPSA) is 145 Å². The highest BCUT2D eigenvalue weighted by Gasteiger charge is 2.42. The molecule has 1 atom stereocenters. The smallest absolute Gasteiger partial charge is 0.325 e. The molecule has 1 saturated heterocycles. The van der Waals surface area contributed by atoms with Gasteiger partial charge in [-0.1, -0.05) is 12.1 Å². The van der Waals surface area contributed by atoms with Crippen LogP contribution in [0.2, 0.25) is 0 Å². The van der Waals surface area contributed by atoms with Crippen molar-refractivity contribution in [2.24, 2.45) is 0 Å². The zero-order chi connectivity index (χ0) is 24.9. The van der Waals surface area contributed by atoms with Gasteiger partial charge in [0.05, 0.1) is 6.61 Å². The molecule has 1 aliphatic rings. The standard InChI is InChI=1S/C20H23FN4O7S2/c1-2-32-17(26)11-22-20(28)24-9-10-25(15(12-24)19(27)23-29)34(30,31)18-8-7-16(33-18)13-3-5-14(21)6-4-13/h3-8,15,29H,2,9-12H2,1H3,(H,22,28)(H,23,27)/t15-/m1/s1. The van der Waals surface area contributed by atoms with Crippen LogP contribution in [0, 0.1) is 5.82 Å². The Morgan fingerprint density at radius 1 is 1.18 bits per heavy atom. The van der Waals surface area contributed by atoms with Crippen molar-refractivity contribution in [3.8, 4) is 10.4 Å². The van der Waals surface area contributed by atoms with Crippen LogP contribution in [0.1, 0.15) is 6.92 Å². The van der Waals surface area contributed by atoms with Gasteiger partial charge < -0.3 is 15.0 Å². The van der Waals surface area contributed by atoms with E-state index in [1.54, 1.807) is 13.0 Å². The fourth-order valence-electron chi connectivity index (χ4n) is 3.34. The second-order valence-corrected chi connectivity index (χ2v) is 10.3. The summed E-state index contributed by atoms with van der Waals surface area (Å²) in [5.74, 6) is -2.08. The number of amides is 3. The number of thiophene rings is 1. The van der Waals surface area contributed by atoms with E-state index in [2.05, 4.69) is 5.32 Å². The van der Waals surface area contributed by atoms with Crippen molar-refractivity contribution in [3.63, 3.8) is 0 Å². The number of nitrogens with zero attached hydrogens (tertiary/aromatic N) is 2. The van der Waals surface area contributed by atoms with Gasteiger partial charge >= 0.3 is 12.0 Å². The second-order valence-electron chi connectivity index (χ2n) is 7.14. The predicted molar refractivity (Wildman–Crippen MR) is 119 cm³/mol. The van der Waals surface area contributed by atoms with Crippen LogP contribution < -0.4 is 10.8 Å². The Labute approximate surface area is 199 Å². The van der Waals surface area contributed by atoms with E-state index >= 15 is 0 Å². The van der Waals surface area contributed by atoms with Crippen molar-refractivity contribution in [2.45, 2.75) is 17.2 Å². The van der Waals surface area contributed by atoms with Gasteiger partial charge in [0.2, 0.25) is 0 Å². The number of hydrogen-bond acceptors (Lipinski definition) is 8. The average Bonchev–Trinajstić information content (AvgIpc) is 3.33. The molecule has 2 heterocycles. The number of urea groups is 1. The van der Waals surface area contributed by atoms with Crippen molar-refractivity contribution in [2.75, 3.05) is 32.8 Å². The van der Waals surface area contributed by atoms with Gasteiger partial charge in [-0.2, -0.15) is 4.31 Å². The van der Waals surface area contributed by atoms with Crippen LogP contribution in [0.3, 0.4) is 0 Å². The van der Waals surface area contributed by atoms with Crippen LogP contribution in [-0.2, 0) is 24.3 Å². The first-order valence-corrected chi connectivity index (χ1v) is 12.4. The van der Waals surface area contributed by atoms with E-state index in [-0.39, 0.29) is 37.0 Å². The lowest BCUT2D eigenvalue weighted by atomic mass is 10.2. The van der Waals surface area contributed by atoms with Gasteiger partial charge in [0.25, 0.3) is 15.9 Å². The molecule has 11 nitrogen and oxygen atoms in total. The molecule has 34 heavy (non-hydrogen) atoms. The van der Waals surface area contributed by atoms with Crippen molar-refractivity contribution in [1.82, 2.24) is 20.0 Å². The highest BCUT2D eigenvalue weighted by molar-refractivity contribution is 7.91. The Balaban J connectivity index is 1.77. The monoisotopic (exact) mass is 514 g/mol. The normalized spacial score (nSPS) is 16.7. The predicted octanol–water partition coefficient (Wildman–Crippen LogP) is 1.01. The summed E-state index contributed by atoms with van der Waals surface area (Å²) in [6, 6.07) is 6.42. The number of halogens is 1. The number of sulfonamides is 1.